The first-order chi connectivity index (χ1) is 4.90. The van der Waals surface area contributed by atoms with Crippen LogP contribution in [0.4, 0.5) is 0 Å². The predicted octanol–water partition coefficient (Wildman–Crippen LogP) is -0.348. The number of carbonyl (C=O) groups is 1. The van der Waals surface area contributed by atoms with Gasteiger partial charge in [0.05, 0.1) is 14.1 Å². The monoisotopic (exact) mass is 177 g/mol. The van der Waals surface area contributed by atoms with Crippen LogP contribution in [0.1, 0.15) is 0 Å². The standard InChI is InChI=1S/C6H12N2O2S/c1-7-6(11)8(2,3)4-5(9)10/h4H2,1-3H3,(H-,7,9,10,11)/p+1. The number of nitrogens with one attached hydrogen (secondary N) is 1. The third-order valence-corrected chi connectivity index (χ3v) is 1.99. The van der Waals surface area contributed by atoms with Crippen molar-refractivity contribution in [2.45, 2.75) is 0 Å². The lowest BCUT2D eigenvalue weighted by Crippen LogP contribution is -2.52. The molecule has 0 saturated heterocycles. The van der Waals surface area contributed by atoms with Crippen LogP contribution in [0, 0.1) is 0 Å². The Labute approximate surface area is 71.4 Å². The van der Waals surface area contributed by atoms with Gasteiger partial charge in [-0.2, -0.15) is 0 Å². The molecule has 4 nitrogen and oxygen atoms in total. The van der Waals surface area contributed by atoms with Gasteiger partial charge < -0.3 is 10.4 Å². The molecular formula is C6H13N2O2S+. The van der Waals surface area contributed by atoms with Gasteiger partial charge in [-0.15, -0.1) is 0 Å². The lowest BCUT2D eigenvalue weighted by molar-refractivity contribution is -0.790. The van der Waals surface area contributed by atoms with Crippen molar-refractivity contribution >= 4 is 23.3 Å². The van der Waals surface area contributed by atoms with Gasteiger partial charge in [-0.05, 0) is 0 Å². The van der Waals surface area contributed by atoms with Gasteiger partial charge >= 0.3 is 5.97 Å². The van der Waals surface area contributed by atoms with Crippen molar-refractivity contribution in [3.05, 3.63) is 0 Å². The molecule has 0 aromatic heterocycles. The minimum atomic E-state index is -0.854. The molecule has 0 unspecified atom stereocenters. The Morgan fingerprint density at radius 2 is 2.09 bits per heavy atom. The summed E-state index contributed by atoms with van der Waals surface area (Å²) < 4.78 is 0.182. The Kier molecular flexibility index (Phi) is 3.41. The number of carboxylic acid groups (broad SMARTS) is 1. The van der Waals surface area contributed by atoms with Crippen molar-refractivity contribution in [2.75, 3.05) is 27.7 Å². The van der Waals surface area contributed by atoms with Crippen LogP contribution < -0.4 is 5.32 Å². The van der Waals surface area contributed by atoms with Crippen molar-refractivity contribution in [3.63, 3.8) is 0 Å². The fraction of sp³-hybridized carbons (Fsp3) is 0.667. The number of likely N-dealkylation sites (N-methyl/N-ethyl adjacent to an activating group) is 1. The van der Waals surface area contributed by atoms with Crippen LogP contribution in [0.2, 0.25) is 0 Å². The summed E-state index contributed by atoms with van der Waals surface area (Å²) in [5, 5.41) is 11.8. The van der Waals surface area contributed by atoms with Crippen LogP contribution >= 0.6 is 12.2 Å². The van der Waals surface area contributed by atoms with E-state index in [9.17, 15) is 4.79 Å². The molecule has 0 rings (SSSR count). The van der Waals surface area contributed by atoms with E-state index >= 15 is 0 Å². The second kappa shape index (κ2) is 3.64. The van der Waals surface area contributed by atoms with Crippen LogP contribution in [-0.2, 0) is 4.79 Å². The minimum Gasteiger partial charge on any atom is -0.477 e. The van der Waals surface area contributed by atoms with Crippen LogP contribution in [-0.4, -0.2) is 48.4 Å². The van der Waals surface area contributed by atoms with E-state index in [0.29, 0.717) is 5.11 Å². The van der Waals surface area contributed by atoms with E-state index in [0.717, 1.165) is 0 Å². The van der Waals surface area contributed by atoms with E-state index in [1.54, 1.807) is 21.1 Å². The van der Waals surface area contributed by atoms with Gasteiger partial charge in [0.15, 0.2) is 6.54 Å². The average molecular weight is 177 g/mol. The van der Waals surface area contributed by atoms with Gasteiger partial charge in [0, 0.05) is 19.3 Å². The molecule has 0 aliphatic rings. The molecule has 0 fully saturated rings. The number of nitrogens with zero attached hydrogens (tertiary/aromatic N) is 1. The van der Waals surface area contributed by atoms with E-state index in [-0.39, 0.29) is 11.0 Å². The third kappa shape index (κ3) is 3.29. The molecule has 2 N–H and O–H groups in total. The lowest BCUT2D eigenvalue weighted by Gasteiger charge is -2.26. The number of hydrogen-bond acceptors (Lipinski definition) is 2. The minimum absolute atomic E-state index is 0.000324. The summed E-state index contributed by atoms with van der Waals surface area (Å²) in [6, 6.07) is 0. The highest BCUT2D eigenvalue weighted by Gasteiger charge is 2.24. The van der Waals surface area contributed by atoms with E-state index < -0.39 is 5.97 Å². The third-order valence-electron chi connectivity index (χ3n) is 1.29. The molecule has 64 valence electrons. The Morgan fingerprint density at radius 1 is 1.64 bits per heavy atom. The smallest absolute Gasteiger partial charge is 0.359 e. The molecule has 0 aromatic rings. The number of thiocarbonyl (C=S) groups is 1. The van der Waals surface area contributed by atoms with E-state index in [4.69, 9.17) is 17.3 Å². The average Bonchev–Trinajstić information content (AvgIpc) is 1.83. The van der Waals surface area contributed by atoms with Gasteiger partial charge in [-0.3, -0.25) is 4.48 Å². The summed E-state index contributed by atoms with van der Waals surface area (Å²) in [6.45, 7) is -0.000324. The molecule has 0 radical (unpaired) electrons. The topological polar surface area (TPSA) is 49.3 Å². The molecule has 0 bridgehead atoms. The maximum Gasteiger partial charge on any atom is 0.359 e. The van der Waals surface area contributed by atoms with Gasteiger partial charge in [-0.25, -0.2) is 4.79 Å². The molecule has 0 aromatic carbocycles. The van der Waals surface area contributed by atoms with Crippen LogP contribution in [0.15, 0.2) is 0 Å². The molecule has 0 atom stereocenters. The van der Waals surface area contributed by atoms with Gasteiger partial charge in [0.25, 0.3) is 5.11 Å². The Morgan fingerprint density at radius 3 is 2.36 bits per heavy atom. The SMILES string of the molecule is CNC(=S)[N+](C)(C)CC(=O)O. The molecule has 0 aliphatic carbocycles. The molecule has 0 aliphatic heterocycles. The molecule has 11 heavy (non-hydrogen) atoms. The van der Waals surface area contributed by atoms with Crippen molar-refractivity contribution in [2.24, 2.45) is 0 Å². The molecular weight excluding hydrogens is 164 g/mol. The van der Waals surface area contributed by atoms with Crippen LogP contribution in [0.25, 0.3) is 0 Å². The summed E-state index contributed by atoms with van der Waals surface area (Å²) in [6.07, 6.45) is 0. The molecule has 0 amide bonds. The quantitative estimate of drug-likeness (QED) is 0.447. The Bertz CT molecular complexity index is 179. The first kappa shape index (κ1) is 10.3. The second-order valence-electron chi connectivity index (χ2n) is 2.79. The first-order valence-electron chi connectivity index (χ1n) is 3.17. The number of carboxylic acids is 1. The summed E-state index contributed by atoms with van der Waals surface area (Å²) in [5.74, 6) is -0.854. The van der Waals surface area contributed by atoms with Crippen molar-refractivity contribution in [3.8, 4) is 0 Å². The van der Waals surface area contributed by atoms with Gasteiger partial charge in [-0.1, -0.05) is 0 Å². The highest BCUT2D eigenvalue weighted by molar-refractivity contribution is 7.79. The first-order valence-corrected chi connectivity index (χ1v) is 3.58. The van der Waals surface area contributed by atoms with Gasteiger partial charge in [0.1, 0.15) is 0 Å². The van der Waals surface area contributed by atoms with Crippen molar-refractivity contribution in [1.82, 2.24) is 5.32 Å². The zero-order valence-corrected chi connectivity index (χ0v) is 7.73. The fourth-order valence-corrected chi connectivity index (χ4v) is 0.777. The van der Waals surface area contributed by atoms with Gasteiger partial charge in [0.2, 0.25) is 0 Å². The second-order valence-corrected chi connectivity index (χ2v) is 3.18. The number of quaternary nitrogens is 1. The number of rotatable bonds is 2. The summed E-state index contributed by atoms with van der Waals surface area (Å²) >= 11 is 4.91. The van der Waals surface area contributed by atoms with E-state index in [1.165, 1.54) is 0 Å². The normalized spacial score (nSPS) is 10.8. The molecule has 0 saturated carbocycles. The fourth-order valence-electron chi connectivity index (χ4n) is 0.713. The summed E-state index contributed by atoms with van der Waals surface area (Å²) in [5.41, 5.74) is 0. The summed E-state index contributed by atoms with van der Waals surface area (Å²) in [4.78, 5) is 10.3. The van der Waals surface area contributed by atoms with E-state index in [2.05, 4.69) is 5.32 Å². The summed E-state index contributed by atoms with van der Waals surface area (Å²) in [7, 11) is 5.17. The Balaban J connectivity index is 4.21. The maximum absolute atomic E-state index is 10.3. The van der Waals surface area contributed by atoms with E-state index in [1.807, 2.05) is 0 Å². The number of aliphatic carboxylic acids is 1. The Hall–Kier alpha value is -0.680. The predicted molar refractivity (Wildman–Crippen MR) is 46.3 cm³/mol. The van der Waals surface area contributed by atoms with Crippen LogP contribution in [0.3, 0.4) is 0 Å². The van der Waals surface area contributed by atoms with Crippen LogP contribution in [0.5, 0.6) is 0 Å². The zero-order chi connectivity index (χ0) is 9.07. The maximum atomic E-state index is 10.3. The largest absolute Gasteiger partial charge is 0.477 e. The molecule has 5 heteroatoms. The lowest BCUT2D eigenvalue weighted by atomic mass is 10.5. The zero-order valence-electron chi connectivity index (χ0n) is 6.92. The molecule has 0 spiro atoms. The number of hydrogen-bond donors (Lipinski definition) is 2. The molecule has 0 heterocycles. The van der Waals surface area contributed by atoms with Crippen molar-refractivity contribution < 1.29 is 14.4 Å². The highest BCUT2D eigenvalue weighted by Crippen LogP contribution is 1.96. The van der Waals surface area contributed by atoms with Crippen molar-refractivity contribution in [1.29, 1.82) is 0 Å². The highest BCUT2D eigenvalue weighted by atomic mass is 32.1.